The number of non-ortho nitro benzene ring substituents is 1. The first-order chi connectivity index (χ1) is 12.2. The van der Waals surface area contributed by atoms with Gasteiger partial charge in [-0.15, -0.1) is 0 Å². The first kappa shape index (κ1) is 19.3. The van der Waals surface area contributed by atoms with E-state index in [1.165, 1.54) is 13.1 Å². The van der Waals surface area contributed by atoms with Gasteiger partial charge in [0.25, 0.3) is 11.6 Å². The highest BCUT2D eigenvalue weighted by Crippen LogP contribution is 2.36. The predicted octanol–water partition coefficient (Wildman–Crippen LogP) is 1.90. The number of anilines is 1. The Morgan fingerprint density at radius 2 is 1.88 bits per heavy atom. The van der Waals surface area contributed by atoms with Gasteiger partial charge in [0.15, 0.2) is 5.75 Å². The van der Waals surface area contributed by atoms with E-state index in [4.69, 9.17) is 4.74 Å². The summed E-state index contributed by atoms with van der Waals surface area (Å²) in [7, 11) is -2.50. The number of nitrogens with zero attached hydrogens (tertiary/aromatic N) is 2. The third-order valence-corrected chi connectivity index (χ3v) is 4.29. The van der Waals surface area contributed by atoms with Crippen molar-refractivity contribution in [2.24, 2.45) is 0 Å². The monoisotopic (exact) mass is 379 g/mol. The summed E-state index contributed by atoms with van der Waals surface area (Å²) >= 11 is 0. The van der Waals surface area contributed by atoms with E-state index in [-0.39, 0.29) is 23.7 Å². The number of amides is 1. The van der Waals surface area contributed by atoms with E-state index in [0.29, 0.717) is 10.1 Å². The molecule has 0 saturated carbocycles. The Balaban J connectivity index is 2.61. The maximum absolute atomic E-state index is 12.3. The molecule has 0 aliphatic carbocycles. The van der Waals surface area contributed by atoms with Crippen LogP contribution in [-0.4, -0.2) is 39.1 Å². The molecule has 0 atom stereocenters. The molecule has 0 aliphatic heterocycles. The maximum Gasteiger partial charge on any atom is 0.273 e. The third kappa shape index (κ3) is 4.55. The van der Waals surface area contributed by atoms with Crippen LogP contribution < -0.4 is 14.4 Å². The Hall–Kier alpha value is -2.98. The topological polar surface area (TPSA) is 119 Å². The van der Waals surface area contributed by atoms with Crippen molar-refractivity contribution in [2.45, 2.75) is 0 Å². The van der Waals surface area contributed by atoms with Crippen molar-refractivity contribution in [3.63, 3.8) is 0 Å². The molecule has 1 amide bonds. The summed E-state index contributed by atoms with van der Waals surface area (Å²) in [5.74, 6) is -0.536. The molecule has 9 nitrogen and oxygen atoms in total. The molecule has 2 aromatic carbocycles. The highest BCUT2D eigenvalue weighted by atomic mass is 32.2. The molecule has 10 heteroatoms. The average molecular weight is 379 g/mol. The van der Waals surface area contributed by atoms with Crippen LogP contribution in [0.1, 0.15) is 0 Å². The fourth-order valence-corrected chi connectivity index (χ4v) is 3.14. The number of benzene rings is 2. The standard InChI is InChI=1S/C16H17N3O6S/c1-17-11-16(20)18(26(2,23)24)14-9-8-12(19(21)22)10-15(14)25-13-6-4-3-5-7-13/h3-10,17H,11H2,1-2H3. The number of nitro benzene ring substituents is 1. The van der Waals surface area contributed by atoms with Gasteiger partial charge in [-0.2, -0.15) is 0 Å². The number of ether oxygens (including phenoxy) is 1. The zero-order valence-electron chi connectivity index (χ0n) is 14.1. The number of carbonyl (C=O) groups excluding carboxylic acids is 1. The minimum absolute atomic E-state index is 0.109. The van der Waals surface area contributed by atoms with E-state index >= 15 is 0 Å². The normalized spacial score (nSPS) is 11.0. The van der Waals surface area contributed by atoms with E-state index in [0.717, 1.165) is 18.4 Å². The van der Waals surface area contributed by atoms with Gasteiger partial charge in [-0.25, -0.2) is 12.7 Å². The predicted molar refractivity (Wildman–Crippen MR) is 95.9 cm³/mol. The van der Waals surface area contributed by atoms with Crippen molar-refractivity contribution in [3.05, 3.63) is 58.6 Å². The van der Waals surface area contributed by atoms with Crippen LogP contribution in [0.5, 0.6) is 11.5 Å². The van der Waals surface area contributed by atoms with Crippen molar-refractivity contribution in [3.8, 4) is 11.5 Å². The van der Waals surface area contributed by atoms with E-state index < -0.39 is 20.9 Å². The fraction of sp³-hybridized carbons (Fsp3) is 0.188. The Bertz CT molecular complexity index is 915. The van der Waals surface area contributed by atoms with Crippen LogP contribution in [0, 0.1) is 10.1 Å². The second-order valence-corrected chi connectivity index (χ2v) is 7.11. The zero-order chi connectivity index (χ0) is 19.3. The number of rotatable bonds is 7. The second-order valence-electron chi connectivity index (χ2n) is 5.28. The summed E-state index contributed by atoms with van der Waals surface area (Å²) < 4.78 is 30.5. The van der Waals surface area contributed by atoms with Gasteiger partial charge >= 0.3 is 0 Å². The minimum Gasteiger partial charge on any atom is -0.455 e. The number of carbonyl (C=O) groups is 1. The van der Waals surface area contributed by atoms with Gasteiger partial charge < -0.3 is 10.1 Å². The van der Waals surface area contributed by atoms with Crippen LogP contribution in [0.25, 0.3) is 0 Å². The Morgan fingerprint density at radius 3 is 2.42 bits per heavy atom. The highest BCUT2D eigenvalue weighted by Gasteiger charge is 2.29. The van der Waals surface area contributed by atoms with Gasteiger partial charge in [0, 0.05) is 6.07 Å². The number of para-hydroxylation sites is 1. The average Bonchev–Trinajstić information content (AvgIpc) is 2.56. The maximum atomic E-state index is 12.3. The molecule has 138 valence electrons. The molecular weight excluding hydrogens is 362 g/mol. The third-order valence-electron chi connectivity index (χ3n) is 3.23. The molecule has 0 unspecified atom stereocenters. The Labute approximate surface area is 150 Å². The largest absolute Gasteiger partial charge is 0.455 e. The first-order valence-corrected chi connectivity index (χ1v) is 9.28. The molecule has 0 bridgehead atoms. The first-order valence-electron chi connectivity index (χ1n) is 7.43. The molecule has 0 spiro atoms. The van der Waals surface area contributed by atoms with Crippen molar-refractivity contribution < 1.29 is 22.9 Å². The Kier molecular flexibility index (Phi) is 5.90. The van der Waals surface area contributed by atoms with Gasteiger partial charge in [0.05, 0.1) is 23.8 Å². The van der Waals surface area contributed by atoms with E-state index in [9.17, 15) is 23.3 Å². The van der Waals surface area contributed by atoms with Gasteiger partial charge in [-0.05, 0) is 25.2 Å². The van der Waals surface area contributed by atoms with Gasteiger partial charge in [0.1, 0.15) is 11.4 Å². The number of nitro groups is 1. The lowest BCUT2D eigenvalue weighted by Crippen LogP contribution is -2.41. The minimum atomic E-state index is -3.99. The number of hydrogen-bond donors (Lipinski definition) is 1. The number of hydrogen-bond acceptors (Lipinski definition) is 7. The number of likely N-dealkylation sites (N-methyl/N-ethyl adjacent to an activating group) is 1. The molecular formula is C16H17N3O6S. The summed E-state index contributed by atoms with van der Waals surface area (Å²) in [6, 6.07) is 11.7. The van der Waals surface area contributed by atoms with E-state index in [2.05, 4.69) is 5.32 Å². The SMILES string of the molecule is CNCC(=O)N(c1ccc([N+](=O)[O-])cc1Oc1ccccc1)S(C)(=O)=O. The van der Waals surface area contributed by atoms with Crippen molar-refractivity contribution in [1.29, 1.82) is 0 Å². The summed E-state index contributed by atoms with van der Waals surface area (Å²) in [5, 5.41) is 13.6. The van der Waals surface area contributed by atoms with Gasteiger partial charge in [-0.3, -0.25) is 14.9 Å². The summed E-state index contributed by atoms with van der Waals surface area (Å²) in [4.78, 5) is 22.7. The molecule has 26 heavy (non-hydrogen) atoms. The quantitative estimate of drug-likeness (QED) is 0.576. The zero-order valence-corrected chi connectivity index (χ0v) is 14.9. The van der Waals surface area contributed by atoms with E-state index in [1.54, 1.807) is 30.3 Å². The number of nitrogens with one attached hydrogen (secondary N) is 1. The lowest BCUT2D eigenvalue weighted by molar-refractivity contribution is -0.384. The van der Waals surface area contributed by atoms with Crippen LogP contribution >= 0.6 is 0 Å². The van der Waals surface area contributed by atoms with Crippen molar-refractivity contribution in [2.75, 3.05) is 24.2 Å². The van der Waals surface area contributed by atoms with E-state index in [1.807, 2.05) is 0 Å². The smallest absolute Gasteiger partial charge is 0.273 e. The van der Waals surface area contributed by atoms with Gasteiger partial charge in [0.2, 0.25) is 10.0 Å². The summed E-state index contributed by atoms with van der Waals surface area (Å²) in [6.45, 7) is -0.241. The summed E-state index contributed by atoms with van der Waals surface area (Å²) in [5.41, 5.74) is -0.406. The lowest BCUT2D eigenvalue weighted by atomic mass is 10.2. The molecule has 0 fully saturated rings. The lowest BCUT2D eigenvalue weighted by Gasteiger charge is -2.22. The van der Waals surface area contributed by atoms with Crippen LogP contribution in [0.2, 0.25) is 0 Å². The molecule has 2 aromatic rings. The molecule has 0 aromatic heterocycles. The molecule has 0 heterocycles. The number of sulfonamides is 1. The van der Waals surface area contributed by atoms with Crippen molar-refractivity contribution >= 4 is 27.3 Å². The van der Waals surface area contributed by atoms with Crippen LogP contribution in [0.4, 0.5) is 11.4 Å². The second kappa shape index (κ2) is 7.93. The molecule has 0 radical (unpaired) electrons. The van der Waals surface area contributed by atoms with Crippen molar-refractivity contribution in [1.82, 2.24) is 5.32 Å². The van der Waals surface area contributed by atoms with Crippen LogP contribution in [-0.2, 0) is 14.8 Å². The summed E-state index contributed by atoms with van der Waals surface area (Å²) in [6.07, 6.45) is 0.869. The molecule has 0 aliphatic rings. The molecule has 2 rings (SSSR count). The highest BCUT2D eigenvalue weighted by molar-refractivity contribution is 7.92. The van der Waals surface area contributed by atoms with Gasteiger partial charge in [-0.1, -0.05) is 18.2 Å². The van der Waals surface area contributed by atoms with Crippen LogP contribution in [0.3, 0.4) is 0 Å². The molecule has 1 N–H and O–H groups in total. The fourth-order valence-electron chi connectivity index (χ4n) is 2.20. The van der Waals surface area contributed by atoms with Crippen LogP contribution in [0.15, 0.2) is 48.5 Å². The Morgan fingerprint density at radius 1 is 1.23 bits per heavy atom. The molecule has 0 saturated heterocycles.